The van der Waals surface area contributed by atoms with E-state index in [2.05, 4.69) is 66.9 Å². The van der Waals surface area contributed by atoms with Gasteiger partial charge in [0.05, 0.1) is 5.69 Å². The summed E-state index contributed by atoms with van der Waals surface area (Å²) in [7, 11) is 0. The molecule has 0 unspecified atom stereocenters. The molecule has 170 valence electrons. The summed E-state index contributed by atoms with van der Waals surface area (Å²) in [6.07, 6.45) is 1.76. The van der Waals surface area contributed by atoms with Crippen LogP contribution in [0.2, 0.25) is 0 Å². The first-order chi connectivity index (χ1) is 16.1. The number of ether oxygens (including phenoxy) is 1. The van der Waals surface area contributed by atoms with E-state index in [-0.39, 0.29) is 5.60 Å². The topological polar surface area (TPSA) is 60.4 Å². The summed E-state index contributed by atoms with van der Waals surface area (Å²) in [4.78, 5) is 1.30. The maximum absolute atomic E-state index is 10.2. The number of fused-ring (bicyclic) bond motifs is 5. The quantitative estimate of drug-likeness (QED) is 0.329. The Morgan fingerprint density at radius 3 is 2.52 bits per heavy atom. The van der Waals surface area contributed by atoms with Gasteiger partial charge in [-0.1, -0.05) is 44.2 Å². The fourth-order valence-electron chi connectivity index (χ4n) is 4.79. The van der Waals surface area contributed by atoms with E-state index in [1.54, 1.807) is 6.07 Å². The van der Waals surface area contributed by atoms with E-state index >= 15 is 0 Å². The zero-order valence-electron chi connectivity index (χ0n) is 19.2. The van der Waals surface area contributed by atoms with Crippen LogP contribution in [0.15, 0.2) is 71.6 Å². The molecule has 0 amide bonds. The Bertz CT molecular complexity index is 1280. The molecule has 3 N–H and O–H groups in total. The van der Waals surface area contributed by atoms with Gasteiger partial charge in [0.15, 0.2) is 0 Å². The summed E-state index contributed by atoms with van der Waals surface area (Å²) < 4.78 is 8.69. The normalized spacial score (nSPS) is 13.1. The fraction of sp³-hybridized carbons (Fsp3) is 0.286. The van der Waals surface area contributed by atoms with Gasteiger partial charge in [-0.25, -0.2) is 0 Å². The van der Waals surface area contributed by atoms with E-state index in [0.717, 1.165) is 41.8 Å². The van der Waals surface area contributed by atoms with Gasteiger partial charge in [-0.2, -0.15) is 0 Å². The number of phenols is 1. The highest BCUT2D eigenvalue weighted by Gasteiger charge is 2.27. The molecular formula is C28H30N2O2S. The number of nitrogens with two attached hydrogens (primary N) is 1. The number of rotatable bonds is 7. The molecule has 4 aromatic rings. The third-order valence-corrected chi connectivity index (χ3v) is 8.03. The van der Waals surface area contributed by atoms with Gasteiger partial charge in [-0.15, -0.1) is 11.8 Å². The lowest BCUT2D eigenvalue weighted by molar-refractivity contribution is 0.0691. The van der Waals surface area contributed by atoms with Crippen LogP contribution in [0.25, 0.3) is 22.2 Å². The molecule has 4 nitrogen and oxygen atoms in total. The molecule has 3 aromatic carbocycles. The van der Waals surface area contributed by atoms with E-state index in [1.807, 2.05) is 23.9 Å². The molecular weight excluding hydrogens is 428 g/mol. The SMILES string of the molecule is CCC(CC)(CN)Oc1ccc(Cn2c3c(c4cc(O)ccc42)CSc2ccccc2-3)cc1. The highest BCUT2D eigenvalue weighted by atomic mass is 32.2. The van der Waals surface area contributed by atoms with E-state index < -0.39 is 0 Å². The molecule has 1 aliphatic rings. The van der Waals surface area contributed by atoms with Gasteiger partial charge in [0.25, 0.3) is 0 Å². The molecule has 0 fully saturated rings. The molecule has 0 spiro atoms. The average molecular weight is 459 g/mol. The molecule has 1 aromatic heterocycles. The molecule has 1 aliphatic heterocycles. The standard InChI is InChI=1S/C28H30N2O2S/c1-3-28(4-2,18-29)32-21-12-9-19(10-13-21)16-30-25-14-11-20(31)15-23(25)24-17-33-26-8-6-5-7-22(26)27(24)30/h5-15,31H,3-4,16-18,29H2,1-2H3. The largest absolute Gasteiger partial charge is 0.508 e. The fourth-order valence-corrected chi connectivity index (χ4v) is 5.88. The number of hydrogen-bond donors (Lipinski definition) is 2. The molecule has 0 radical (unpaired) electrons. The van der Waals surface area contributed by atoms with Crippen LogP contribution >= 0.6 is 11.8 Å². The van der Waals surface area contributed by atoms with Crippen LogP contribution in [-0.2, 0) is 12.3 Å². The summed E-state index contributed by atoms with van der Waals surface area (Å²) in [5.41, 5.74) is 11.9. The Hall–Kier alpha value is -2.89. The van der Waals surface area contributed by atoms with Crippen LogP contribution in [0.5, 0.6) is 11.5 Å². The second-order valence-corrected chi connectivity index (χ2v) is 9.76. The lowest BCUT2D eigenvalue weighted by Gasteiger charge is -2.31. The molecule has 0 bridgehead atoms. The zero-order chi connectivity index (χ0) is 23.0. The van der Waals surface area contributed by atoms with Crippen molar-refractivity contribution in [3.8, 4) is 22.8 Å². The Kier molecular flexibility index (Phi) is 5.85. The number of aromatic nitrogens is 1. The van der Waals surface area contributed by atoms with E-state index in [4.69, 9.17) is 10.5 Å². The maximum atomic E-state index is 10.2. The summed E-state index contributed by atoms with van der Waals surface area (Å²) in [6.45, 7) is 5.50. The zero-order valence-corrected chi connectivity index (χ0v) is 20.0. The van der Waals surface area contributed by atoms with Gasteiger partial charge in [0.2, 0.25) is 0 Å². The minimum atomic E-state index is -0.305. The van der Waals surface area contributed by atoms with Crippen LogP contribution in [0.1, 0.15) is 37.8 Å². The summed E-state index contributed by atoms with van der Waals surface area (Å²) in [6, 6.07) is 22.7. The Morgan fingerprint density at radius 2 is 1.79 bits per heavy atom. The number of nitrogens with zero attached hydrogens (tertiary/aromatic N) is 1. The van der Waals surface area contributed by atoms with Crippen molar-refractivity contribution >= 4 is 22.7 Å². The van der Waals surface area contributed by atoms with Crippen molar-refractivity contribution in [2.45, 2.75) is 49.5 Å². The van der Waals surface area contributed by atoms with E-state index in [9.17, 15) is 5.11 Å². The summed E-state index contributed by atoms with van der Waals surface area (Å²) >= 11 is 1.86. The van der Waals surface area contributed by atoms with Crippen molar-refractivity contribution in [1.82, 2.24) is 4.57 Å². The third kappa shape index (κ3) is 3.90. The molecule has 0 atom stereocenters. The number of benzene rings is 3. The lowest BCUT2D eigenvalue weighted by atomic mass is 9.97. The van der Waals surface area contributed by atoms with Crippen molar-refractivity contribution in [1.29, 1.82) is 0 Å². The molecule has 5 heteroatoms. The molecule has 0 aliphatic carbocycles. The molecule has 2 heterocycles. The van der Waals surface area contributed by atoms with Gasteiger partial charge < -0.3 is 20.1 Å². The number of phenolic OH excluding ortho intramolecular Hbond substituents is 1. The molecule has 5 rings (SSSR count). The predicted octanol–water partition coefficient (Wildman–Crippen LogP) is 6.56. The Balaban J connectivity index is 1.54. The Labute approximate surface area is 199 Å². The van der Waals surface area contributed by atoms with Crippen molar-refractivity contribution < 1.29 is 9.84 Å². The van der Waals surface area contributed by atoms with E-state index in [0.29, 0.717) is 12.3 Å². The first kappa shape index (κ1) is 21.9. The minimum Gasteiger partial charge on any atom is -0.508 e. The van der Waals surface area contributed by atoms with Crippen molar-refractivity contribution in [3.63, 3.8) is 0 Å². The first-order valence-electron chi connectivity index (χ1n) is 11.6. The van der Waals surface area contributed by atoms with Gasteiger partial charge >= 0.3 is 0 Å². The second-order valence-electron chi connectivity index (χ2n) is 8.74. The van der Waals surface area contributed by atoms with Crippen LogP contribution in [0.4, 0.5) is 0 Å². The molecule has 33 heavy (non-hydrogen) atoms. The minimum absolute atomic E-state index is 0.305. The van der Waals surface area contributed by atoms with Gasteiger partial charge in [-0.3, -0.25) is 0 Å². The number of hydrogen-bond acceptors (Lipinski definition) is 4. The number of thioether (sulfide) groups is 1. The van der Waals surface area contributed by atoms with Crippen LogP contribution in [0, 0.1) is 0 Å². The van der Waals surface area contributed by atoms with Crippen molar-refractivity contribution in [2.24, 2.45) is 5.73 Å². The van der Waals surface area contributed by atoms with Gasteiger partial charge in [-0.05, 0) is 60.4 Å². The van der Waals surface area contributed by atoms with Gasteiger partial charge in [0.1, 0.15) is 17.1 Å². The molecule has 0 saturated heterocycles. The number of aromatic hydroxyl groups is 1. The van der Waals surface area contributed by atoms with Gasteiger partial charge in [0, 0.05) is 40.2 Å². The van der Waals surface area contributed by atoms with Crippen LogP contribution in [0.3, 0.4) is 0 Å². The van der Waals surface area contributed by atoms with Crippen LogP contribution in [-0.4, -0.2) is 21.8 Å². The maximum Gasteiger partial charge on any atom is 0.121 e. The van der Waals surface area contributed by atoms with Crippen molar-refractivity contribution in [2.75, 3.05) is 6.54 Å². The monoisotopic (exact) mass is 458 g/mol. The summed E-state index contributed by atoms with van der Waals surface area (Å²) in [5.74, 6) is 2.07. The lowest BCUT2D eigenvalue weighted by Crippen LogP contribution is -2.42. The van der Waals surface area contributed by atoms with Crippen LogP contribution < -0.4 is 10.5 Å². The Morgan fingerprint density at radius 1 is 1.03 bits per heavy atom. The third-order valence-electron chi connectivity index (χ3n) is 6.93. The average Bonchev–Trinajstić information content (AvgIpc) is 3.16. The van der Waals surface area contributed by atoms with E-state index in [1.165, 1.54) is 27.3 Å². The highest BCUT2D eigenvalue weighted by Crippen LogP contribution is 2.46. The molecule has 0 saturated carbocycles. The summed E-state index contributed by atoms with van der Waals surface area (Å²) in [5, 5.41) is 11.3. The predicted molar refractivity (Wildman–Crippen MR) is 137 cm³/mol. The van der Waals surface area contributed by atoms with Crippen molar-refractivity contribution in [3.05, 3.63) is 77.9 Å². The first-order valence-corrected chi connectivity index (χ1v) is 12.6. The highest BCUT2D eigenvalue weighted by molar-refractivity contribution is 7.98. The smallest absolute Gasteiger partial charge is 0.121 e. The second kappa shape index (κ2) is 8.81.